The molecule has 0 aliphatic carbocycles. The maximum Gasteiger partial charge on any atom is 0.226 e. The Bertz CT molecular complexity index is 364. The minimum absolute atomic E-state index is 0.0312. The van der Waals surface area contributed by atoms with E-state index in [-0.39, 0.29) is 17.9 Å². The van der Waals surface area contributed by atoms with E-state index >= 15 is 0 Å². The number of ether oxygens (including phenoxy) is 1. The van der Waals surface area contributed by atoms with Crippen molar-refractivity contribution in [3.8, 4) is 0 Å². The molecule has 1 saturated heterocycles. The van der Waals surface area contributed by atoms with Crippen molar-refractivity contribution in [3.63, 3.8) is 0 Å². The third-order valence-electron chi connectivity index (χ3n) is 3.26. The van der Waals surface area contributed by atoms with Crippen molar-refractivity contribution in [1.82, 2.24) is 5.32 Å². The Balaban J connectivity index is 1.85. The zero-order chi connectivity index (χ0) is 12.1. The highest BCUT2D eigenvalue weighted by Gasteiger charge is 2.32. The van der Waals surface area contributed by atoms with Crippen LogP contribution >= 0.6 is 0 Å². The lowest BCUT2D eigenvalue weighted by Crippen LogP contribution is -2.34. The molecule has 1 fully saturated rings. The van der Waals surface area contributed by atoms with Crippen LogP contribution < -0.4 is 5.32 Å². The molecule has 0 saturated carbocycles. The summed E-state index contributed by atoms with van der Waals surface area (Å²) in [6.07, 6.45) is 1.86. The van der Waals surface area contributed by atoms with E-state index in [1.54, 1.807) is 0 Å². The van der Waals surface area contributed by atoms with Crippen molar-refractivity contribution < 1.29 is 9.53 Å². The van der Waals surface area contributed by atoms with Crippen molar-refractivity contribution in [3.05, 3.63) is 35.9 Å². The molecule has 0 aromatic heterocycles. The molecule has 17 heavy (non-hydrogen) atoms. The van der Waals surface area contributed by atoms with Crippen LogP contribution in [0, 0.1) is 5.92 Å². The summed E-state index contributed by atoms with van der Waals surface area (Å²) in [5, 5.41) is 2.99. The molecule has 2 unspecified atom stereocenters. The predicted octanol–water partition coefficient (Wildman–Crippen LogP) is 2.12. The number of carbonyl (C=O) groups excluding carboxylic acids is 1. The Morgan fingerprint density at radius 2 is 2.18 bits per heavy atom. The van der Waals surface area contributed by atoms with E-state index in [1.807, 2.05) is 30.3 Å². The van der Waals surface area contributed by atoms with E-state index in [0.29, 0.717) is 13.2 Å². The van der Waals surface area contributed by atoms with Crippen LogP contribution in [0.1, 0.15) is 25.3 Å². The second-order valence-corrected chi connectivity index (χ2v) is 4.42. The van der Waals surface area contributed by atoms with Gasteiger partial charge in [0.05, 0.1) is 12.0 Å². The van der Waals surface area contributed by atoms with E-state index in [9.17, 15) is 4.79 Å². The maximum atomic E-state index is 12.0. The van der Waals surface area contributed by atoms with Crippen LogP contribution in [0.5, 0.6) is 0 Å². The molecule has 0 radical (unpaired) electrons. The van der Waals surface area contributed by atoms with Crippen molar-refractivity contribution in [1.29, 1.82) is 0 Å². The van der Waals surface area contributed by atoms with Crippen molar-refractivity contribution in [2.24, 2.45) is 5.92 Å². The van der Waals surface area contributed by atoms with Crippen molar-refractivity contribution >= 4 is 5.91 Å². The first-order valence-corrected chi connectivity index (χ1v) is 6.24. The largest absolute Gasteiger partial charge is 0.377 e. The molecule has 3 nitrogen and oxygen atoms in total. The van der Waals surface area contributed by atoms with Gasteiger partial charge in [-0.25, -0.2) is 0 Å². The van der Waals surface area contributed by atoms with Gasteiger partial charge < -0.3 is 10.1 Å². The standard InChI is InChI=1S/C14H19NO2/c1-2-13-12(8-9-17-13)14(16)15-10-11-6-4-3-5-7-11/h3-7,12-13H,2,8-10H2,1H3,(H,15,16). The second kappa shape index (κ2) is 5.82. The summed E-state index contributed by atoms with van der Waals surface area (Å²) in [6.45, 7) is 3.38. The SMILES string of the molecule is CCC1OCCC1C(=O)NCc1ccccc1. The minimum Gasteiger partial charge on any atom is -0.377 e. The van der Waals surface area contributed by atoms with Crippen LogP contribution in [0.15, 0.2) is 30.3 Å². The molecule has 1 aromatic rings. The average Bonchev–Trinajstić information content (AvgIpc) is 2.85. The summed E-state index contributed by atoms with van der Waals surface area (Å²) >= 11 is 0. The van der Waals surface area contributed by atoms with Crippen molar-refractivity contribution in [2.75, 3.05) is 6.61 Å². The zero-order valence-electron chi connectivity index (χ0n) is 10.2. The quantitative estimate of drug-likeness (QED) is 0.865. The molecule has 1 heterocycles. The van der Waals surface area contributed by atoms with E-state index in [2.05, 4.69) is 12.2 Å². The molecule has 0 spiro atoms. The van der Waals surface area contributed by atoms with E-state index in [1.165, 1.54) is 0 Å². The highest BCUT2D eigenvalue weighted by atomic mass is 16.5. The summed E-state index contributed by atoms with van der Waals surface area (Å²) < 4.78 is 5.53. The first-order valence-electron chi connectivity index (χ1n) is 6.24. The third kappa shape index (κ3) is 3.07. The summed E-state index contributed by atoms with van der Waals surface area (Å²) in [5.74, 6) is 0.155. The van der Waals surface area contributed by atoms with Crippen molar-refractivity contribution in [2.45, 2.75) is 32.4 Å². The Morgan fingerprint density at radius 1 is 1.41 bits per heavy atom. The fourth-order valence-electron chi connectivity index (χ4n) is 2.27. The van der Waals surface area contributed by atoms with Crippen LogP contribution in [-0.2, 0) is 16.1 Å². The fourth-order valence-corrected chi connectivity index (χ4v) is 2.27. The maximum absolute atomic E-state index is 12.0. The molecule has 3 heteroatoms. The van der Waals surface area contributed by atoms with E-state index in [0.717, 1.165) is 18.4 Å². The first-order chi connectivity index (χ1) is 8.31. The molecule has 1 aliphatic rings. The third-order valence-corrected chi connectivity index (χ3v) is 3.26. The van der Waals surface area contributed by atoms with E-state index in [4.69, 9.17) is 4.74 Å². The van der Waals surface area contributed by atoms with Crippen LogP contribution in [-0.4, -0.2) is 18.6 Å². The number of nitrogens with one attached hydrogen (secondary N) is 1. The van der Waals surface area contributed by atoms with Crippen LogP contribution in [0.25, 0.3) is 0 Å². The van der Waals surface area contributed by atoms with Gasteiger partial charge in [0, 0.05) is 13.2 Å². The molecule has 92 valence electrons. The molecule has 1 N–H and O–H groups in total. The lowest BCUT2D eigenvalue weighted by atomic mass is 9.98. The average molecular weight is 233 g/mol. The Hall–Kier alpha value is -1.35. The minimum atomic E-state index is 0.0312. The summed E-state index contributed by atoms with van der Waals surface area (Å²) in [4.78, 5) is 12.0. The van der Waals surface area contributed by atoms with Gasteiger partial charge in [0.1, 0.15) is 0 Å². The molecule has 2 atom stereocenters. The predicted molar refractivity (Wildman–Crippen MR) is 66.4 cm³/mol. The van der Waals surface area contributed by atoms with Gasteiger partial charge in [-0.1, -0.05) is 37.3 Å². The van der Waals surface area contributed by atoms with Crippen LogP contribution in [0.4, 0.5) is 0 Å². The number of rotatable bonds is 4. The lowest BCUT2D eigenvalue weighted by Gasteiger charge is -2.16. The summed E-state index contributed by atoms with van der Waals surface area (Å²) in [7, 11) is 0. The Morgan fingerprint density at radius 3 is 2.88 bits per heavy atom. The Kier molecular flexibility index (Phi) is 4.15. The van der Waals surface area contributed by atoms with Gasteiger partial charge in [-0.3, -0.25) is 4.79 Å². The second-order valence-electron chi connectivity index (χ2n) is 4.42. The monoisotopic (exact) mass is 233 g/mol. The van der Waals surface area contributed by atoms with Crippen LogP contribution in [0.2, 0.25) is 0 Å². The van der Waals surface area contributed by atoms with Gasteiger partial charge in [0.15, 0.2) is 0 Å². The fraction of sp³-hybridized carbons (Fsp3) is 0.500. The highest BCUT2D eigenvalue weighted by Crippen LogP contribution is 2.23. The summed E-state index contributed by atoms with van der Waals surface area (Å²) in [6, 6.07) is 9.97. The lowest BCUT2D eigenvalue weighted by molar-refractivity contribution is -0.126. The molecule has 2 rings (SSSR count). The molecule has 1 amide bonds. The van der Waals surface area contributed by atoms with Gasteiger partial charge in [0.25, 0.3) is 0 Å². The van der Waals surface area contributed by atoms with Gasteiger partial charge in [0.2, 0.25) is 5.91 Å². The van der Waals surface area contributed by atoms with Gasteiger partial charge >= 0.3 is 0 Å². The molecular formula is C14H19NO2. The molecular weight excluding hydrogens is 214 g/mol. The molecule has 1 aliphatic heterocycles. The smallest absolute Gasteiger partial charge is 0.226 e. The molecule has 1 aromatic carbocycles. The topological polar surface area (TPSA) is 38.3 Å². The Labute approximate surface area is 102 Å². The molecule has 0 bridgehead atoms. The van der Waals surface area contributed by atoms with E-state index < -0.39 is 0 Å². The number of amides is 1. The number of carbonyl (C=O) groups is 1. The van der Waals surface area contributed by atoms with Gasteiger partial charge in [-0.05, 0) is 18.4 Å². The first kappa shape index (κ1) is 12.1. The van der Waals surface area contributed by atoms with Gasteiger partial charge in [-0.2, -0.15) is 0 Å². The number of hydrogen-bond donors (Lipinski definition) is 1. The highest BCUT2D eigenvalue weighted by molar-refractivity contribution is 5.79. The zero-order valence-corrected chi connectivity index (χ0v) is 10.2. The van der Waals surface area contributed by atoms with Crippen LogP contribution in [0.3, 0.4) is 0 Å². The van der Waals surface area contributed by atoms with Gasteiger partial charge in [-0.15, -0.1) is 0 Å². The summed E-state index contributed by atoms with van der Waals surface area (Å²) in [5.41, 5.74) is 1.13. The number of hydrogen-bond acceptors (Lipinski definition) is 2. The number of benzene rings is 1. The normalized spacial score (nSPS) is 23.6.